The second-order valence-electron chi connectivity index (χ2n) is 3.68. The van der Waals surface area contributed by atoms with Gasteiger partial charge in [0.05, 0.1) is 11.7 Å². The first-order valence-electron chi connectivity index (χ1n) is 4.90. The van der Waals surface area contributed by atoms with Gasteiger partial charge in [0.15, 0.2) is 0 Å². The van der Waals surface area contributed by atoms with Gasteiger partial charge >= 0.3 is 0 Å². The van der Waals surface area contributed by atoms with Crippen molar-refractivity contribution in [3.05, 3.63) is 11.9 Å². The van der Waals surface area contributed by atoms with Crippen LogP contribution >= 0.6 is 0 Å². The normalized spacial score (nSPS) is 24.0. The third-order valence-electron chi connectivity index (χ3n) is 2.69. The fraction of sp³-hybridized carbons (Fsp3) is 0.778. The van der Waals surface area contributed by atoms with Crippen LogP contribution in [0.4, 0.5) is 0 Å². The Kier molecular flexibility index (Phi) is 2.31. The smallest absolute Gasteiger partial charge is 0.0796 e. The zero-order chi connectivity index (χ0) is 9.26. The van der Waals surface area contributed by atoms with Crippen LogP contribution in [-0.4, -0.2) is 39.5 Å². The first-order valence-corrected chi connectivity index (χ1v) is 4.90. The summed E-state index contributed by atoms with van der Waals surface area (Å²) in [5.74, 6) is 0. The molecule has 1 aliphatic heterocycles. The molecule has 13 heavy (non-hydrogen) atoms. The third kappa shape index (κ3) is 1.72. The van der Waals surface area contributed by atoms with E-state index in [9.17, 15) is 0 Å². The summed E-state index contributed by atoms with van der Waals surface area (Å²) in [5.41, 5.74) is 1.01. The van der Waals surface area contributed by atoms with E-state index in [-0.39, 0.29) is 0 Å². The van der Waals surface area contributed by atoms with E-state index in [1.807, 2.05) is 17.8 Å². The monoisotopic (exact) mass is 180 g/mol. The number of hydrogen-bond acceptors (Lipinski definition) is 3. The number of likely N-dealkylation sites (tertiary alicyclic amines) is 1. The summed E-state index contributed by atoms with van der Waals surface area (Å²) < 4.78 is 2.00. The Morgan fingerprint density at radius 2 is 2.46 bits per heavy atom. The topological polar surface area (TPSA) is 34.0 Å². The molecule has 0 N–H and O–H groups in total. The number of aromatic nitrogens is 3. The van der Waals surface area contributed by atoms with E-state index in [0.717, 1.165) is 18.8 Å². The standard InChI is InChI=1S/C9H16N4/c1-3-12-5-4-9(7-12)13-6-8(2)10-11-13/h6,9H,3-5,7H2,1-2H3. The molecule has 2 heterocycles. The van der Waals surface area contributed by atoms with Gasteiger partial charge in [-0.1, -0.05) is 12.1 Å². The van der Waals surface area contributed by atoms with Gasteiger partial charge in [-0.15, -0.1) is 5.10 Å². The van der Waals surface area contributed by atoms with E-state index in [0.29, 0.717) is 6.04 Å². The molecule has 0 aromatic carbocycles. The number of rotatable bonds is 2. The van der Waals surface area contributed by atoms with E-state index in [4.69, 9.17) is 0 Å². The second kappa shape index (κ2) is 3.46. The highest BCUT2D eigenvalue weighted by atomic mass is 15.4. The molecule has 1 aliphatic rings. The Labute approximate surface area is 78.5 Å². The van der Waals surface area contributed by atoms with Gasteiger partial charge in [-0.3, -0.25) is 0 Å². The maximum Gasteiger partial charge on any atom is 0.0796 e. The summed E-state index contributed by atoms with van der Waals surface area (Å²) in [6.45, 7) is 7.65. The summed E-state index contributed by atoms with van der Waals surface area (Å²) in [4.78, 5) is 2.45. The molecule has 1 fully saturated rings. The largest absolute Gasteiger partial charge is 0.301 e. The summed E-state index contributed by atoms with van der Waals surface area (Å²) in [5, 5.41) is 8.11. The molecule has 1 aromatic heterocycles. The Morgan fingerprint density at radius 3 is 3.00 bits per heavy atom. The molecule has 0 aliphatic carbocycles. The third-order valence-corrected chi connectivity index (χ3v) is 2.69. The summed E-state index contributed by atoms with van der Waals surface area (Å²) >= 11 is 0. The van der Waals surface area contributed by atoms with Crippen molar-refractivity contribution in [3.8, 4) is 0 Å². The van der Waals surface area contributed by atoms with Crippen LogP contribution < -0.4 is 0 Å². The van der Waals surface area contributed by atoms with Crippen LogP contribution in [0, 0.1) is 6.92 Å². The number of nitrogens with zero attached hydrogens (tertiary/aromatic N) is 4. The molecular formula is C9H16N4. The zero-order valence-electron chi connectivity index (χ0n) is 8.27. The molecule has 1 unspecified atom stereocenters. The molecule has 0 bridgehead atoms. The lowest BCUT2D eigenvalue weighted by Crippen LogP contribution is -2.21. The molecule has 0 radical (unpaired) electrons. The van der Waals surface area contributed by atoms with Crippen LogP contribution in [0.2, 0.25) is 0 Å². The minimum Gasteiger partial charge on any atom is -0.301 e. The number of likely N-dealkylation sites (N-methyl/N-ethyl adjacent to an activating group) is 1. The molecule has 1 atom stereocenters. The fourth-order valence-corrected chi connectivity index (χ4v) is 1.86. The number of hydrogen-bond donors (Lipinski definition) is 0. The zero-order valence-corrected chi connectivity index (χ0v) is 8.27. The van der Waals surface area contributed by atoms with Crippen LogP contribution in [-0.2, 0) is 0 Å². The van der Waals surface area contributed by atoms with Crippen molar-refractivity contribution in [2.45, 2.75) is 26.3 Å². The molecule has 4 nitrogen and oxygen atoms in total. The predicted molar refractivity (Wildman–Crippen MR) is 50.5 cm³/mol. The predicted octanol–water partition coefficient (Wildman–Crippen LogP) is 0.853. The Morgan fingerprint density at radius 1 is 1.62 bits per heavy atom. The van der Waals surface area contributed by atoms with Gasteiger partial charge in [0.1, 0.15) is 0 Å². The highest BCUT2D eigenvalue weighted by Gasteiger charge is 2.23. The van der Waals surface area contributed by atoms with Crippen molar-refractivity contribution in [2.75, 3.05) is 19.6 Å². The van der Waals surface area contributed by atoms with Crippen molar-refractivity contribution in [1.29, 1.82) is 0 Å². The van der Waals surface area contributed by atoms with Crippen molar-refractivity contribution < 1.29 is 0 Å². The van der Waals surface area contributed by atoms with Crippen LogP contribution in [0.3, 0.4) is 0 Å². The first-order chi connectivity index (χ1) is 6.29. The van der Waals surface area contributed by atoms with Gasteiger partial charge < -0.3 is 4.90 Å². The molecule has 72 valence electrons. The summed E-state index contributed by atoms with van der Waals surface area (Å²) in [6, 6.07) is 0.543. The second-order valence-corrected chi connectivity index (χ2v) is 3.68. The van der Waals surface area contributed by atoms with Crippen LogP contribution in [0.25, 0.3) is 0 Å². The summed E-state index contributed by atoms with van der Waals surface area (Å²) in [7, 11) is 0. The average molecular weight is 180 g/mol. The Bertz CT molecular complexity index is 281. The van der Waals surface area contributed by atoms with Crippen LogP contribution in [0.15, 0.2) is 6.20 Å². The van der Waals surface area contributed by atoms with Gasteiger partial charge in [0.2, 0.25) is 0 Å². The molecular weight excluding hydrogens is 164 g/mol. The van der Waals surface area contributed by atoms with Gasteiger partial charge in [-0.2, -0.15) is 0 Å². The van der Waals surface area contributed by atoms with E-state index in [1.54, 1.807) is 0 Å². The lowest BCUT2D eigenvalue weighted by molar-refractivity contribution is 0.334. The van der Waals surface area contributed by atoms with Crippen LogP contribution in [0.5, 0.6) is 0 Å². The lowest BCUT2D eigenvalue weighted by Gasteiger charge is -2.12. The van der Waals surface area contributed by atoms with E-state index >= 15 is 0 Å². The van der Waals surface area contributed by atoms with E-state index in [2.05, 4.69) is 22.1 Å². The van der Waals surface area contributed by atoms with Crippen molar-refractivity contribution in [3.63, 3.8) is 0 Å². The molecule has 0 saturated carbocycles. The van der Waals surface area contributed by atoms with Crippen LogP contribution in [0.1, 0.15) is 25.1 Å². The first kappa shape index (κ1) is 8.69. The van der Waals surface area contributed by atoms with Gasteiger partial charge in [-0.05, 0) is 19.9 Å². The van der Waals surface area contributed by atoms with Gasteiger partial charge in [-0.25, -0.2) is 4.68 Å². The Balaban J connectivity index is 2.03. The molecule has 0 amide bonds. The Hall–Kier alpha value is -0.900. The quantitative estimate of drug-likeness (QED) is 0.676. The minimum atomic E-state index is 0.543. The maximum atomic E-state index is 4.11. The minimum absolute atomic E-state index is 0.543. The SMILES string of the molecule is CCN1CCC(n2cc(C)nn2)C1. The van der Waals surface area contributed by atoms with Gasteiger partial charge in [0, 0.05) is 19.3 Å². The number of aryl methyl sites for hydroxylation is 1. The highest BCUT2D eigenvalue weighted by Crippen LogP contribution is 2.19. The summed E-state index contributed by atoms with van der Waals surface area (Å²) in [6.07, 6.45) is 3.24. The maximum absolute atomic E-state index is 4.11. The van der Waals surface area contributed by atoms with Crippen molar-refractivity contribution in [2.24, 2.45) is 0 Å². The molecule has 4 heteroatoms. The average Bonchev–Trinajstić information content (AvgIpc) is 2.71. The highest BCUT2D eigenvalue weighted by molar-refractivity contribution is 4.90. The van der Waals surface area contributed by atoms with Crippen molar-refractivity contribution in [1.82, 2.24) is 19.9 Å². The molecule has 1 aromatic rings. The lowest BCUT2D eigenvalue weighted by atomic mass is 10.3. The van der Waals surface area contributed by atoms with E-state index in [1.165, 1.54) is 13.0 Å². The molecule has 0 spiro atoms. The van der Waals surface area contributed by atoms with Gasteiger partial charge in [0.25, 0.3) is 0 Å². The molecule has 2 rings (SSSR count). The van der Waals surface area contributed by atoms with Crippen molar-refractivity contribution >= 4 is 0 Å². The fourth-order valence-electron chi connectivity index (χ4n) is 1.86. The molecule has 1 saturated heterocycles. The van der Waals surface area contributed by atoms with E-state index < -0.39 is 0 Å².